The molecule has 1 fully saturated rings. The summed E-state index contributed by atoms with van der Waals surface area (Å²) in [5, 5.41) is 0. The zero-order valence-corrected chi connectivity index (χ0v) is 20.5. The number of benzene rings is 2. The Hall–Kier alpha value is -3.19. The smallest absolute Gasteiger partial charge is 0.322 e. The van der Waals surface area contributed by atoms with Gasteiger partial charge < -0.3 is 4.90 Å². The third-order valence-electron chi connectivity index (χ3n) is 6.93. The SMILES string of the molecule is C[C@H]1[C@@H](c2ccccc2)N(C(=O)C[C@@H](c2ccccc2)C2C=CC(S(C)(=O)=O)=CC2)C(=O)N1C. The lowest BCUT2D eigenvalue weighted by Crippen LogP contribution is -2.37. The normalized spacial score (nSPS) is 23.7. The third kappa shape index (κ3) is 4.71. The molecule has 6 nitrogen and oxygen atoms in total. The van der Waals surface area contributed by atoms with Crippen molar-refractivity contribution in [3.63, 3.8) is 0 Å². The van der Waals surface area contributed by atoms with Gasteiger partial charge in [0, 0.05) is 19.7 Å². The zero-order valence-electron chi connectivity index (χ0n) is 19.7. The molecule has 0 saturated carbocycles. The van der Waals surface area contributed by atoms with E-state index in [-0.39, 0.29) is 42.3 Å². The van der Waals surface area contributed by atoms with Crippen LogP contribution in [0.4, 0.5) is 4.79 Å². The van der Waals surface area contributed by atoms with Gasteiger partial charge in [-0.2, -0.15) is 0 Å². The van der Waals surface area contributed by atoms with Crippen LogP contribution in [0.25, 0.3) is 0 Å². The van der Waals surface area contributed by atoms with E-state index >= 15 is 0 Å². The highest BCUT2D eigenvalue weighted by Crippen LogP contribution is 2.39. The van der Waals surface area contributed by atoms with E-state index in [1.54, 1.807) is 24.1 Å². The molecular formula is C27H30N2O4S. The number of allylic oxidation sites excluding steroid dienone is 3. The summed E-state index contributed by atoms with van der Waals surface area (Å²) in [6, 6.07) is 18.6. The van der Waals surface area contributed by atoms with Gasteiger partial charge in [0.15, 0.2) is 9.84 Å². The van der Waals surface area contributed by atoms with Crippen LogP contribution in [0.15, 0.2) is 83.8 Å². The molecule has 2 aromatic carbocycles. The lowest BCUT2D eigenvalue weighted by molar-refractivity contribution is -0.130. The molecule has 0 spiro atoms. The Labute approximate surface area is 201 Å². The van der Waals surface area contributed by atoms with E-state index in [2.05, 4.69) is 0 Å². The van der Waals surface area contributed by atoms with Gasteiger partial charge in [-0.05, 0) is 42.4 Å². The van der Waals surface area contributed by atoms with Crippen LogP contribution in [0.5, 0.6) is 0 Å². The third-order valence-corrected chi connectivity index (χ3v) is 8.09. The van der Waals surface area contributed by atoms with Gasteiger partial charge in [0.2, 0.25) is 5.91 Å². The molecule has 1 unspecified atom stereocenters. The Kier molecular flexibility index (Phi) is 6.75. The van der Waals surface area contributed by atoms with Crippen molar-refractivity contribution < 1.29 is 18.0 Å². The molecule has 0 radical (unpaired) electrons. The second kappa shape index (κ2) is 9.58. The van der Waals surface area contributed by atoms with Gasteiger partial charge in [0.1, 0.15) is 0 Å². The minimum absolute atomic E-state index is 0.0557. The highest BCUT2D eigenvalue weighted by molar-refractivity contribution is 7.94. The van der Waals surface area contributed by atoms with Crippen molar-refractivity contribution in [2.24, 2.45) is 5.92 Å². The fourth-order valence-electron chi connectivity index (χ4n) is 4.92. The van der Waals surface area contributed by atoms with Gasteiger partial charge in [0.05, 0.1) is 17.0 Å². The second-order valence-corrected chi connectivity index (χ2v) is 11.1. The summed E-state index contributed by atoms with van der Waals surface area (Å²) in [5.74, 6) is -0.470. The largest absolute Gasteiger partial charge is 0.327 e. The molecule has 1 heterocycles. The molecule has 178 valence electrons. The van der Waals surface area contributed by atoms with E-state index in [0.29, 0.717) is 11.3 Å². The van der Waals surface area contributed by atoms with Gasteiger partial charge in [-0.25, -0.2) is 13.2 Å². The predicted molar refractivity (Wildman–Crippen MR) is 133 cm³/mol. The van der Waals surface area contributed by atoms with E-state index in [1.165, 1.54) is 11.2 Å². The summed E-state index contributed by atoms with van der Waals surface area (Å²) in [6.45, 7) is 1.96. The van der Waals surface area contributed by atoms with Crippen LogP contribution in [0, 0.1) is 5.92 Å². The molecule has 34 heavy (non-hydrogen) atoms. The van der Waals surface area contributed by atoms with Crippen molar-refractivity contribution in [2.75, 3.05) is 13.3 Å². The van der Waals surface area contributed by atoms with Crippen LogP contribution in [0.2, 0.25) is 0 Å². The molecule has 1 aliphatic heterocycles. The number of hydrogen-bond donors (Lipinski definition) is 0. The summed E-state index contributed by atoms with van der Waals surface area (Å²) in [5.41, 5.74) is 1.92. The van der Waals surface area contributed by atoms with Crippen molar-refractivity contribution in [1.82, 2.24) is 9.80 Å². The molecule has 7 heteroatoms. The molecule has 1 aliphatic carbocycles. The van der Waals surface area contributed by atoms with Crippen molar-refractivity contribution in [2.45, 2.75) is 37.8 Å². The van der Waals surface area contributed by atoms with Gasteiger partial charge >= 0.3 is 6.03 Å². The lowest BCUT2D eigenvalue weighted by atomic mass is 9.79. The van der Waals surface area contributed by atoms with E-state index in [9.17, 15) is 18.0 Å². The number of likely N-dealkylation sites (N-methyl/N-ethyl adjacent to an activating group) is 1. The Morgan fingerprint density at radius 3 is 2.24 bits per heavy atom. The summed E-state index contributed by atoms with van der Waals surface area (Å²) >= 11 is 0. The number of nitrogens with zero attached hydrogens (tertiary/aromatic N) is 2. The van der Waals surface area contributed by atoms with E-state index in [4.69, 9.17) is 0 Å². The Balaban J connectivity index is 1.64. The standard InChI is InChI=1S/C27H30N2O4S/c1-19-26(22-12-8-5-9-13-22)29(27(31)28(19)2)25(30)18-24(20-10-6-4-7-11-20)21-14-16-23(17-15-21)34(3,32)33/h4-14,16-17,19,21,24,26H,15,18H2,1-3H3/t19-,21?,24-,26-/m0/s1. The van der Waals surface area contributed by atoms with Gasteiger partial charge in [-0.3, -0.25) is 9.69 Å². The highest BCUT2D eigenvalue weighted by atomic mass is 32.2. The zero-order chi connectivity index (χ0) is 24.5. The fourth-order valence-corrected chi connectivity index (χ4v) is 5.65. The topological polar surface area (TPSA) is 74.8 Å². The second-order valence-electron chi connectivity index (χ2n) is 9.11. The summed E-state index contributed by atoms with van der Waals surface area (Å²) in [7, 11) is -1.56. The average molecular weight is 479 g/mol. The minimum atomic E-state index is -3.28. The molecule has 4 rings (SSSR count). The van der Waals surface area contributed by atoms with Crippen LogP contribution in [-0.2, 0) is 14.6 Å². The number of amides is 3. The predicted octanol–water partition coefficient (Wildman–Crippen LogP) is 4.69. The molecule has 3 amide bonds. The maximum atomic E-state index is 13.7. The van der Waals surface area contributed by atoms with E-state index in [1.807, 2.05) is 73.7 Å². The number of carbonyl (C=O) groups excluding carboxylic acids is 2. The van der Waals surface area contributed by atoms with Crippen LogP contribution in [0.1, 0.15) is 42.9 Å². The van der Waals surface area contributed by atoms with E-state index in [0.717, 1.165) is 11.1 Å². The van der Waals surface area contributed by atoms with Crippen LogP contribution >= 0.6 is 0 Å². The van der Waals surface area contributed by atoms with Crippen molar-refractivity contribution in [3.8, 4) is 0 Å². The van der Waals surface area contributed by atoms with Gasteiger partial charge in [-0.1, -0.05) is 72.8 Å². The molecular weight excluding hydrogens is 448 g/mol. The highest BCUT2D eigenvalue weighted by Gasteiger charge is 2.46. The molecule has 0 bridgehead atoms. The van der Waals surface area contributed by atoms with E-state index < -0.39 is 9.84 Å². The number of hydrogen-bond acceptors (Lipinski definition) is 4. The summed E-state index contributed by atoms with van der Waals surface area (Å²) in [6.07, 6.45) is 7.10. The van der Waals surface area contributed by atoms with Crippen molar-refractivity contribution in [1.29, 1.82) is 0 Å². The molecule has 2 aliphatic rings. The fraction of sp³-hybridized carbons (Fsp3) is 0.333. The molecule has 2 aromatic rings. The first-order chi connectivity index (χ1) is 16.2. The first-order valence-electron chi connectivity index (χ1n) is 11.5. The summed E-state index contributed by atoms with van der Waals surface area (Å²) in [4.78, 5) is 30.2. The Morgan fingerprint density at radius 1 is 1.06 bits per heavy atom. The monoisotopic (exact) mass is 478 g/mol. The average Bonchev–Trinajstić information content (AvgIpc) is 3.07. The quantitative estimate of drug-likeness (QED) is 0.604. The maximum absolute atomic E-state index is 13.7. The summed E-state index contributed by atoms with van der Waals surface area (Å²) < 4.78 is 23.9. The molecule has 1 saturated heterocycles. The number of rotatable bonds is 6. The number of carbonyl (C=O) groups is 2. The van der Waals surface area contributed by atoms with Crippen LogP contribution < -0.4 is 0 Å². The lowest BCUT2D eigenvalue weighted by Gasteiger charge is -2.29. The van der Waals surface area contributed by atoms with Crippen LogP contribution in [-0.4, -0.2) is 49.5 Å². The number of imide groups is 1. The Morgan fingerprint density at radius 2 is 1.68 bits per heavy atom. The molecule has 0 N–H and O–H groups in total. The number of urea groups is 1. The molecule has 0 aromatic heterocycles. The van der Waals surface area contributed by atoms with Gasteiger partial charge in [-0.15, -0.1) is 0 Å². The molecule has 4 atom stereocenters. The minimum Gasteiger partial charge on any atom is -0.322 e. The first-order valence-corrected chi connectivity index (χ1v) is 13.3. The van der Waals surface area contributed by atoms with Crippen molar-refractivity contribution >= 4 is 21.8 Å². The first kappa shape index (κ1) is 24.0. The maximum Gasteiger partial charge on any atom is 0.327 e. The van der Waals surface area contributed by atoms with Crippen molar-refractivity contribution in [3.05, 3.63) is 94.9 Å². The number of sulfone groups is 1. The Bertz CT molecular complexity index is 1220. The van der Waals surface area contributed by atoms with Crippen LogP contribution in [0.3, 0.4) is 0 Å². The van der Waals surface area contributed by atoms with Gasteiger partial charge in [0.25, 0.3) is 0 Å².